The first-order chi connectivity index (χ1) is 8.65. The minimum Gasteiger partial charge on any atom is -0.306 e. The molecular weight excluding hydrogens is 236 g/mol. The second-order valence-electron chi connectivity index (χ2n) is 7.04. The van der Waals surface area contributed by atoms with E-state index in [2.05, 4.69) is 45.7 Å². The first kappa shape index (κ1) is 18.1. The molecule has 0 radical (unpaired) electrons. The van der Waals surface area contributed by atoms with Crippen molar-refractivity contribution < 1.29 is 4.79 Å². The van der Waals surface area contributed by atoms with Gasteiger partial charge in [0.15, 0.2) is 0 Å². The van der Waals surface area contributed by atoms with E-state index in [1.165, 1.54) is 19.8 Å². The van der Waals surface area contributed by atoms with Gasteiger partial charge >= 0.3 is 0 Å². The minimum atomic E-state index is -0.436. The Balaban J connectivity index is 3.90. The predicted octanol–water partition coefficient (Wildman–Crippen LogP) is 3.50. The van der Waals surface area contributed by atoms with Gasteiger partial charge in [0.1, 0.15) is 11.7 Å². The molecule has 0 aromatic rings. The molecule has 0 aromatic heterocycles. The molecule has 110 valence electrons. The lowest BCUT2D eigenvalue weighted by Gasteiger charge is -2.25. The quantitative estimate of drug-likeness (QED) is 0.675. The molecule has 0 aliphatic rings. The van der Waals surface area contributed by atoms with E-state index in [1.807, 2.05) is 0 Å². The maximum absolute atomic E-state index is 11.2. The van der Waals surface area contributed by atoms with E-state index >= 15 is 0 Å². The molecule has 0 rings (SSSR count). The molecule has 3 nitrogen and oxygen atoms in total. The van der Waals surface area contributed by atoms with Crippen molar-refractivity contribution >= 4 is 5.78 Å². The topological polar surface area (TPSA) is 44.1 Å². The lowest BCUT2D eigenvalue weighted by molar-refractivity contribution is -0.119. The van der Waals surface area contributed by atoms with E-state index in [1.54, 1.807) is 0 Å². The molecule has 0 aliphatic heterocycles. The van der Waals surface area contributed by atoms with Crippen LogP contribution in [0.15, 0.2) is 0 Å². The van der Waals surface area contributed by atoms with Crippen LogP contribution in [0.2, 0.25) is 0 Å². The van der Waals surface area contributed by atoms with Crippen molar-refractivity contribution in [3.63, 3.8) is 0 Å². The van der Waals surface area contributed by atoms with Gasteiger partial charge < -0.3 is 4.90 Å². The summed E-state index contributed by atoms with van der Waals surface area (Å²) in [5.74, 6) is 0.258. The normalized spacial score (nSPS) is 15.1. The molecule has 0 heterocycles. The van der Waals surface area contributed by atoms with Crippen molar-refractivity contribution in [2.24, 2.45) is 17.3 Å². The Morgan fingerprint density at radius 3 is 2.21 bits per heavy atom. The van der Waals surface area contributed by atoms with Crippen LogP contribution in [0, 0.1) is 28.6 Å². The average molecular weight is 266 g/mol. The Bertz CT molecular complexity index is 312. The highest BCUT2D eigenvalue weighted by Gasteiger charge is 2.17. The highest BCUT2D eigenvalue weighted by Crippen LogP contribution is 2.25. The van der Waals surface area contributed by atoms with Gasteiger partial charge in [0.2, 0.25) is 0 Å². The van der Waals surface area contributed by atoms with Crippen molar-refractivity contribution in [2.75, 3.05) is 20.1 Å². The molecule has 19 heavy (non-hydrogen) atoms. The number of hydrogen-bond acceptors (Lipinski definition) is 3. The number of nitrogens with zero attached hydrogens (tertiary/aromatic N) is 2. The van der Waals surface area contributed by atoms with E-state index in [-0.39, 0.29) is 5.78 Å². The largest absolute Gasteiger partial charge is 0.306 e. The van der Waals surface area contributed by atoms with Gasteiger partial charge in [-0.05, 0) is 57.7 Å². The second kappa shape index (κ2) is 8.32. The zero-order valence-electron chi connectivity index (χ0n) is 13.5. The number of carbonyl (C=O) groups is 1. The Morgan fingerprint density at radius 2 is 1.79 bits per heavy atom. The van der Waals surface area contributed by atoms with E-state index in [4.69, 9.17) is 5.26 Å². The Morgan fingerprint density at radius 1 is 1.26 bits per heavy atom. The molecule has 0 saturated carbocycles. The van der Waals surface area contributed by atoms with Crippen LogP contribution < -0.4 is 0 Å². The fraction of sp³-hybridized carbons (Fsp3) is 0.875. The third kappa shape index (κ3) is 9.67. The van der Waals surface area contributed by atoms with Gasteiger partial charge in [0.25, 0.3) is 0 Å². The van der Waals surface area contributed by atoms with Gasteiger partial charge in [-0.3, -0.25) is 4.79 Å². The van der Waals surface area contributed by atoms with E-state index in [0.717, 1.165) is 13.1 Å². The van der Waals surface area contributed by atoms with Crippen LogP contribution in [-0.4, -0.2) is 30.8 Å². The van der Waals surface area contributed by atoms with Crippen molar-refractivity contribution in [3.05, 3.63) is 0 Å². The summed E-state index contributed by atoms with van der Waals surface area (Å²) in [4.78, 5) is 13.4. The Kier molecular flexibility index (Phi) is 7.94. The maximum atomic E-state index is 11.2. The number of carbonyl (C=O) groups excluding carboxylic acids is 1. The number of ketones is 1. The third-order valence-corrected chi connectivity index (χ3v) is 3.41. The molecule has 2 unspecified atom stereocenters. The zero-order chi connectivity index (χ0) is 15.1. The molecule has 0 aromatic carbocycles. The molecule has 0 fully saturated rings. The summed E-state index contributed by atoms with van der Waals surface area (Å²) >= 11 is 0. The molecule has 0 spiro atoms. The first-order valence-electron chi connectivity index (χ1n) is 7.24. The molecule has 0 N–H and O–H groups in total. The number of nitriles is 1. The lowest BCUT2D eigenvalue weighted by Crippen LogP contribution is -2.26. The van der Waals surface area contributed by atoms with Gasteiger partial charge in [0, 0.05) is 0 Å². The summed E-state index contributed by atoms with van der Waals surface area (Å²) in [7, 11) is 2.07. The van der Waals surface area contributed by atoms with Gasteiger partial charge in [0.05, 0.1) is 6.07 Å². The van der Waals surface area contributed by atoms with Crippen molar-refractivity contribution in [1.82, 2.24) is 4.90 Å². The molecule has 0 amide bonds. The highest BCUT2D eigenvalue weighted by atomic mass is 16.1. The van der Waals surface area contributed by atoms with Crippen LogP contribution >= 0.6 is 0 Å². The zero-order valence-corrected chi connectivity index (χ0v) is 13.5. The van der Waals surface area contributed by atoms with Gasteiger partial charge in [-0.15, -0.1) is 0 Å². The minimum absolute atomic E-state index is 0.0167. The maximum Gasteiger partial charge on any atom is 0.146 e. The van der Waals surface area contributed by atoms with Gasteiger partial charge in [-0.2, -0.15) is 5.26 Å². The Labute approximate surface area is 119 Å². The second-order valence-corrected chi connectivity index (χ2v) is 7.04. The summed E-state index contributed by atoms with van der Waals surface area (Å²) in [6.07, 6.45) is 3.05. The summed E-state index contributed by atoms with van der Waals surface area (Å²) in [5, 5.41) is 8.87. The summed E-state index contributed by atoms with van der Waals surface area (Å²) in [6.45, 7) is 12.5. The smallest absolute Gasteiger partial charge is 0.146 e. The van der Waals surface area contributed by atoms with Crippen molar-refractivity contribution in [2.45, 2.75) is 53.9 Å². The molecule has 0 saturated heterocycles. The molecule has 0 bridgehead atoms. The lowest BCUT2D eigenvalue weighted by atomic mass is 9.84. The monoisotopic (exact) mass is 266 g/mol. The van der Waals surface area contributed by atoms with Crippen molar-refractivity contribution in [1.29, 1.82) is 5.26 Å². The van der Waals surface area contributed by atoms with Crippen LogP contribution in [0.4, 0.5) is 0 Å². The Hall–Kier alpha value is -0.880. The predicted molar refractivity (Wildman–Crippen MR) is 79.8 cm³/mol. The van der Waals surface area contributed by atoms with E-state index < -0.39 is 5.92 Å². The summed E-state index contributed by atoms with van der Waals surface area (Å²) in [5.41, 5.74) is 0.387. The molecule has 3 heteroatoms. The number of Topliss-reactive ketones (excluding diaryl/α,β-unsaturated/α-hetero) is 1. The van der Waals surface area contributed by atoms with Crippen LogP contribution in [-0.2, 0) is 4.79 Å². The van der Waals surface area contributed by atoms with Crippen LogP contribution in [0.3, 0.4) is 0 Å². The summed E-state index contributed by atoms with van der Waals surface area (Å²) in [6, 6.07) is 2.08. The SMILES string of the molecule is CC(=O)C(C#N)CCN(C)CCC(C)CC(C)(C)C. The van der Waals surface area contributed by atoms with E-state index in [0.29, 0.717) is 17.8 Å². The fourth-order valence-electron chi connectivity index (χ4n) is 2.41. The van der Waals surface area contributed by atoms with Gasteiger partial charge in [-0.25, -0.2) is 0 Å². The van der Waals surface area contributed by atoms with Crippen LogP contribution in [0.1, 0.15) is 53.9 Å². The van der Waals surface area contributed by atoms with Gasteiger partial charge in [-0.1, -0.05) is 27.7 Å². The van der Waals surface area contributed by atoms with Crippen LogP contribution in [0.25, 0.3) is 0 Å². The summed E-state index contributed by atoms with van der Waals surface area (Å²) < 4.78 is 0. The van der Waals surface area contributed by atoms with E-state index in [9.17, 15) is 4.79 Å². The number of hydrogen-bond donors (Lipinski definition) is 0. The molecular formula is C16H30N2O. The molecule has 0 aliphatic carbocycles. The molecule has 2 atom stereocenters. The average Bonchev–Trinajstić information content (AvgIpc) is 2.24. The van der Waals surface area contributed by atoms with Crippen LogP contribution in [0.5, 0.6) is 0 Å². The highest BCUT2D eigenvalue weighted by molar-refractivity contribution is 5.80. The third-order valence-electron chi connectivity index (χ3n) is 3.41. The fourth-order valence-corrected chi connectivity index (χ4v) is 2.41. The standard InChI is InChI=1S/C16H30N2O/c1-13(11-16(3,4)5)7-9-18(6)10-8-15(12-17)14(2)19/h13,15H,7-11H2,1-6H3. The van der Waals surface area contributed by atoms with Crippen molar-refractivity contribution in [3.8, 4) is 6.07 Å². The first-order valence-corrected chi connectivity index (χ1v) is 7.24. The number of rotatable bonds is 8.